The van der Waals surface area contributed by atoms with Gasteiger partial charge in [0.2, 0.25) is 0 Å². The molecule has 4 nitrogen and oxygen atoms in total. The Kier molecular flexibility index (Phi) is 5.48. The minimum Gasteiger partial charge on any atom is -0.382 e. The van der Waals surface area contributed by atoms with Gasteiger partial charge in [-0.3, -0.25) is 4.79 Å². The first kappa shape index (κ1) is 16.1. The first-order chi connectivity index (χ1) is 9.97. The van der Waals surface area contributed by atoms with Crippen LogP contribution in [0.3, 0.4) is 0 Å². The smallest absolute Gasteiger partial charge is 0.255 e. The number of nitrogens with zero attached hydrogens (tertiary/aromatic N) is 1. The Hall–Kier alpha value is -1.26. The SMILES string of the molecule is CC(CC1CCCN1)Nc1cc(Cl)ccc1C(=O)N(C)C. The van der Waals surface area contributed by atoms with Gasteiger partial charge >= 0.3 is 0 Å². The summed E-state index contributed by atoms with van der Waals surface area (Å²) < 4.78 is 0. The van der Waals surface area contributed by atoms with Gasteiger partial charge in [0.15, 0.2) is 0 Å². The van der Waals surface area contributed by atoms with Gasteiger partial charge in [0.1, 0.15) is 0 Å². The molecule has 2 unspecified atom stereocenters. The lowest BCUT2D eigenvalue weighted by atomic mass is 10.1. The molecule has 1 fully saturated rings. The molecule has 21 heavy (non-hydrogen) atoms. The zero-order chi connectivity index (χ0) is 15.4. The maximum atomic E-state index is 12.2. The monoisotopic (exact) mass is 309 g/mol. The minimum atomic E-state index is -0.0136. The third-order valence-electron chi connectivity index (χ3n) is 3.82. The Labute approximate surface area is 131 Å². The molecular weight excluding hydrogens is 286 g/mol. The number of carbonyl (C=O) groups is 1. The Morgan fingerprint density at radius 3 is 2.90 bits per heavy atom. The summed E-state index contributed by atoms with van der Waals surface area (Å²) in [6, 6.07) is 6.23. The molecule has 0 spiro atoms. The summed E-state index contributed by atoms with van der Waals surface area (Å²) in [6.07, 6.45) is 3.52. The van der Waals surface area contributed by atoms with Crippen molar-refractivity contribution >= 4 is 23.2 Å². The second kappa shape index (κ2) is 7.14. The molecule has 0 bridgehead atoms. The highest BCUT2D eigenvalue weighted by atomic mass is 35.5. The van der Waals surface area contributed by atoms with Gasteiger partial charge < -0.3 is 15.5 Å². The molecule has 0 saturated carbocycles. The number of hydrogen-bond donors (Lipinski definition) is 2. The van der Waals surface area contributed by atoms with Crippen LogP contribution in [0.1, 0.15) is 36.5 Å². The molecule has 2 atom stereocenters. The van der Waals surface area contributed by atoms with Gasteiger partial charge in [0.05, 0.1) is 5.56 Å². The van der Waals surface area contributed by atoms with Gasteiger partial charge in [-0.2, -0.15) is 0 Å². The van der Waals surface area contributed by atoms with Crippen molar-refractivity contribution in [3.05, 3.63) is 28.8 Å². The molecular formula is C16H24ClN3O. The van der Waals surface area contributed by atoms with Crippen LogP contribution < -0.4 is 10.6 Å². The van der Waals surface area contributed by atoms with E-state index in [-0.39, 0.29) is 11.9 Å². The van der Waals surface area contributed by atoms with Gasteiger partial charge in [0.25, 0.3) is 5.91 Å². The maximum Gasteiger partial charge on any atom is 0.255 e. The molecule has 116 valence electrons. The standard InChI is InChI=1S/C16H24ClN3O/c1-11(9-13-5-4-8-18-13)19-15-10-12(17)6-7-14(15)16(21)20(2)3/h6-7,10-11,13,18-19H,4-5,8-9H2,1-3H3. The number of amides is 1. The van der Waals surface area contributed by atoms with Crippen LogP contribution in [0.2, 0.25) is 5.02 Å². The van der Waals surface area contributed by atoms with E-state index < -0.39 is 0 Å². The van der Waals surface area contributed by atoms with Gasteiger partial charge in [-0.05, 0) is 50.9 Å². The molecule has 5 heteroatoms. The van der Waals surface area contributed by atoms with Crippen molar-refractivity contribution in [3.63, 3.8) is 0 Å². The van der Waals surface area contributed by atoms with Crippen LogP contribution in [-0.4, -0.2) is 43.5 Å². The lowest BCUT2D eigenvalue weighted by molar-refractivity contribution is 0.0828. The third kappa shape index (κ3) is 4.35. The fraction of sp³-hybridized carbons (Fsp3) is 0.562. The average molecular weight is 310 g/mol. The number of hydrogen-bond acceptors (Lipinski definition) is 3. The fourth-order valence-corrected chi connectivity index (χ4v) is 2.94. The van der Waals surface area contributed by atoms with Gasteiger partial charge in [-0.1, -0.05) is 11.6 Å². The Balaban J connectivity index is 2.10. The summed E-state index contributed by atoms with van der Waals surface area (Å²) in [5.41, 5.74) is 1.47. The fourth-order valence-electron chi connectivity index (χ4n) is 2.77. The summed E-state index contributed by atoms with van der Waals surface area (Å²) in [5, 5.41) is 7.58. The molecule has 1 aliphatic heterocycles. The lowest BCUT2D eigenvalue weighted by Gasteiger charge is -2.22. The van der Waals surface area contributed by atoms with E-state index in [0.29, 0.717) is 16.6 Å². The van der Waals surface area contributed by atoms with E-state index in [2.05, 4.69) is 17.6 Å². The van der Waals surface area contributed by atoms with Gasteiger partial charge in [0, 0.05) is 36.9 Å². The molecule has 1 saturated heterocycles. The summed E-state index contributed by atoms with van der Waals surface area (Å²) >= 11 is 6.08. The van der Waals surface area contributed by atoms with Crippen LogP contribution in [-0.2, 0) is 0 Å². The molecule has 1 aliphatic rings. The normalized spacial score (nSPS) is 19.3. The molecule has 0 radical (unpaired) electrons. The Morgan fingerprint density at radius 2 is 2.29 bits per heavy atom. The van der Waals surface area contributed by atoms with Crippen LogP contribution in [0.15, 0.2) is 18.2 Å². The number of rotatable bonds is 5. The summed E-state index contributed by atoms with van der Waals surface area (Å²) in [4.78, 5) is 13.8. The van der Waals surface area contributed by atoms with Crippen molar-refractivity contribution in [3.8, 4) is 0 Å². The first-order valence-corrected chi connectivity index (χ1v) is 7.86. The number of carbonyl (C=O) groups excluding carboxylic acids is 1. The zero-order valence-electron chi connectivity index (χ0n) is 12.9. The van der Waals surface area contributed by atoms with Crippen LogP contribution >= 0.6 is 11.6 Å². The number of halogens is 1. The predicted octanol–water partition coefficient (Wildman–Crippen LogP) is 2.98. The third-order valence-corrected chi connectivity index (χ3v) is 4.06. The molecule has 1 aromatic rings. The molecule has 0 aliphatic carbocycles. The highest BCUT2D eigenvalue weighted by Crippen LogP contribution is 2.24. The second-order valence-electron chi connectivity index (χ2n) is 5.96. The quantitative estimate of drug-likeness (QED) is 0.879. The van der Waals surface area contributed by atoms with Crippen molar-refractivity contribution < 1.29 is 4.79 Å². The molecule has 1 amide bonds. The Bertz CT molecular complexity index is 498. The zero-order valence-corrected chi connectivity index (χ0v) is 13.7. The van der Waals surface area contributed by atoms with Crippen molar-refractivity contribution in [2.45, 2.75) is 38.3 Å². The minimum absolute atomic E-state index is 0.0136. The van der Waals surface area contributed by atoms with Gasteiger partial charge in [-0.15, -0.1) is 0 Å². The number of anilines is 1. The molecule has 2 rings (SSSR count). The van der Waals surface area contributed by atoms with E-state index in [9.17, 15) is 4.79 Å². The van der Waals surface area contributed by atoms with E-state index in [1.165, 1.54) is 12.8 Å². The summed E-state index contributed by atoms with van der Waals surface area (Å²) in [6.45, 7) is 3.25. The predicted molar refractivity (Wildman–Crippen MR) is 88.2 cm³/mol. The van der Waals surface area contributed by atoms with Crippen LogP contribution in [0.25, 0.3) is 0 Å². The largest absolute Gasteiger partial charge is 0.382 e. The lowest BCUT2D eigenvalue weighted by Crippen LogP contribution is -2.30. The van der Waals surface area contributed by atoms with E-state index >= 15 is 0 Å². The van der Waals surface area contributed by atoms with E-state index in [0.717, 1.165) is 18.7 Å². The highest BCUT2D eigenvalue weighted by molar-refractivity contribution is 6.31. The molecule has 1 aromatic carbocycles. The second-order valence-corrected chi connectivity index (χ2v) is 6.40. The van der Waals surface area contributed by atoms with E-state index in [1.54, 1.807) is 31.1 Å². The number of benzene rings is 1. The first-order valence-electron chi connectivity index (χ1n) is 7.48. The van der Waals surface area contributed by atoms with Crippen molar-refractivity contribution in [1.82, 2.24) is 10.2 Å². The topological polar surface area (TPSA) is 44.4 Å². The Morgan fingerprint density at radius 1 is 1.52 bits per heavy atom. The van der Waals surface area contributed by atoms with Crippen molar-refractivity contribution in [2.75, 3.05) is 26.0 Å². The summed E-state index contributed by atoms with van der Waals surface area (Å²) in [7, 11) is 3.51. The molecule has 0 aromatic heterocycles. The van der Waals surface area contributed by atoms with Crippen LogP contribution in [0, 0.1) is 0 Å². The van der Waals surface area contributed by atoms with E-state index in [4.69, 9.17) is 11.6 Å². The van der Waals surface area contributed by atoms with Crippen LogP contribution in [0.4, 0.5) is 5.69 Å². The van der Waals surface area contributed by atoms with Crippen molar-refractivity contribution in [2.24, 2.45) is 0 Å². The van der Waals surface area contributed by atoms with E-state index in [1.807, 2.05) is 6.07 Å². The van der Waals surface area contributed by atoms with Crippen LogP contribution in [0.5, 0.6) is 0 Å². The highest BCUT2D eigenvalue weighted by Gasteiger charge is 2.19. The molecule has 2 N–H and O–H groups in total. The van der Waals surface area contributed by atoms with Crippen molar-refractivity contribution in [1.29, 1.82) is 0 Å². The number of nitrogens with one attached hydrogen (secondary N) is 2. The molecule has 1 heterocycles. The maximum absolute atomic E-state index is 12.2. The average Bonchev–Trinajstić information content (AvgIpc) is 2.90. The van der Waals surface area contributed by atoms with Gasteiger partial charge in [-0.25, -0.2) is 0 Å². The summed E-state index contributed by atoms with van der Waals surface area (Å²) in [5.74, 6) is -0.0136.